The molecule has 0 unspecified atom stereocenters. The zero-order chi connectivity index (χ0) is 22.0. The first-order valence-electron chi connectivity index (χ1n) is 11.4. The smallest absolute Gasteiger partial charge is 0.407 e. The van der Waals surface area contributed by atoms with Crippen LogP contribution in [0.5, 0.6) is 5.88 Å². The van der Waals surface area contributed by atoms with Crippen molar-refractivity contribution in [1.82, 2.24) is 15.3 Å². The molecule has 1 amide bonds. The minimum absolute atomic E-state index is 0.0743. The molecule has 2 heterocycles. The lowest BCUT2D eigenvalue weighted by atomic mass is 9.84. The SMILES string of the molecule is CC(C)(C)OC(=O)NC1CCC(Oc2ncnc3sc4c(c23)[C@@H](CCO)CCC4)CC1. The molecule has 1 atom stereocenters. The van der Waals surface area contributed by atoms with Gasteiger partial charge >= 0.3 is 6.09 Å². The molecular formula is C23H33N3O4S. The van der Waals surface area contributed by atoms with Crippen molar-refractivity contribution >= 4 is 27.6 Å². The number of hydrogen-bond acceptors (Lipinski definition) is 7. The van der Waals surface area contributed by atoms with Crippen molar-refractivity contribution in [1.29, 1.82) is 0 Å². The summed E-state index contributed by atoms with van der Waals surface area (Å²) in [5.41, 5.74) is 0.812. The second-order valence-electron chi connectivity index (χ2n) is 9.64. The lowest BCUT2D eigenvalue weighted by molar-refractivity contribution is 0.0470. The van der Waals surface area contributed by atoms with Crippen LogP contribution in [0, 0.1) is 0 Å². The lowest BCUT2D eigenvalue weighted by Crippen LogP contribution is -2.42. The molecule has 31 heavy (non-hydrogen) atoms. The average molecular weight is 448 g/mol. The van der Waals surface area contributed by atoms with Gasteiger partial charge in [-0.05, 0) is 83.6 Å². The standard InChI is InChI=1S/C23H33N3O4S/c1-23(2,3)30-22(28)26-15-7-9-16(10-8-15)29-20-19-18-14(11-12-27)5-4-6-17(18)31-21(19)25-13-24-20/h13-16,27H,4-12H2,1-3H3,(H,26,28)/t14-,15?,16?/m1/s1. The molecule has 2 aromatic rings. The number of alkyl carbamates (subject to hydrolysis) is 1. The van der Waals surface area contributed by atoms with E-state index < -0.39 is 5.60 Å². The quantitative estimate of drug-likeness (QED) is 0.690. The zero-order valence-corrected chi connectivity index (χ0v) is 19.5. The summed E-state index contributed by atoms with van der Waals surface area (Å²) in [5.74, 6) is 1.03. The second-order valence-corrected chi connectivity index (χ2v) is 10.7. The highest BCUT2D eigenvalue weighted by molar-refractivity contribution is 7.18. The molecule has 4 rings (SSSR count). The van der Waals surface area contributed by atoms with Crippen molar-refractivity contribution in [3.63, 3.8) is 0 Å². The van der Waals surface area contributed by atoms with Gasteiger partial charge in [-0.1, -0.05) is 0 Å². The highest BCUT2D eigenvalue weighted by atomic mass is 32.1. The summed E-state index contributed by atoms with van der Waals surface area (Å²) in [6.45, 7) is 5.80. The first-order chi connectivity index (χ1) is 14.8. The van der Waals surface area contributed by atoms with Gasteiger partial charge in [-0.2, -0.15) is 0 Å². The van der Waals surface area contributed by atoms with Crippen LogP contribution in [0.1, 0.15) is 82.1 Å². The van der Waals surface area contributed by atoms with E-state index in [1.807, 2.05) is 20.8 Å². The zero-order valence-electron chi connectivity index (χ0n) is 18.6. The third kappa shape index (κ3) is 5.29. The maximum atomic E-state index is 12.0. The molecule has 1 saturated carbocycles. The van der Waals surface area contributed by atoms with Gasteiger partial charge in [0.1, 0.15) is 22.9 Å². The fourth-order valence-corrected chi connectivity index (χ4v) is 5.99. The first kappa shape index (κ1) is 22.3. The minimum Gasteiger partial charge on any atom is -0.474 e. The highest BCUT2D eigenvalue weighted by Gasteiger charge is 2.30. The maximum absolute atomic E-state index is 12.0. The number of nitrogens with one attached hydrogen (secondary N) is 1. The maximum Gasteiger partial charge on any atom is 0.407 e. The summed E-state index contributed by atoms with van der Waals surface area (Å²) in [6.07, 6.45) is 8.83. The summed E-state index contributed by atoms with van der Waals surface area (Å²) in [4.78, 5) is 23.4. The molecule has 2 aromatic heterocycles. The molecule has 0 spiro atoms. The second kappa shape index (κ2) is 9.28. The Labute approximate surface area is 187 Å². The van der Waals surface area contributed by atoms with Crippen LogP contribution in [0.25, 0.3) is 10.2 Å². The number of carbonyl (C=O) groups excluding carboxylic acids is 1. The summed E-state index contributed by atoms with van der Waals surface area (Å²) >= 11 is 1.74. The monoisotopic (exact) mass is 447 g/mol. The van der Waals surface area contributed by atoms with Crippen LogP contribution in [0.2, 0.25) is 0 Å². The molecule has 2 aliphatic rings. The number of hydrogen-bond donors (Lipinski definition) is 2. The number of fused-ring (bicyclic) bond motifs is 3. The Hall–Kier alpha value is -1.93. The van der Waals surface area contributed by atoms with E-state index >= 15 is 0 Å². The summed E-state index contributed by atoms with van der Waals surface area (Å²) in [6, 6.07) is 0.114. The number of carbonyl (C=O) groups is 1. The van der Waals surface area contributed by atoms with Gasteiger partial charge < -0.3 is 19.9 Å². The van der Waals surface area contributed by atoms with E-state index in [-0.39, 0.29) is 24.8 Å². The molecule has 170 valence electrons. The van der Waals surface area contributed by atoms with Crippen molar-refractivity contribution < 1.29 is 19.4 Å². The first-order valence-corrected chi connectivity index (χ1v) is 12.2. The van der Waals surface area contributed by atoms with E-state index in [1.165, 1.54) is 10.4 Å². The van der Waals surface area contributed by atoms with Gasteiger partial charge in [-0.25, -0.2) is 14.8 Å². The average Bonchev–Trinajstić information content (AvgIpc) is 3.09. The predicted octanol–water partition coefficient (Wildman–Crippen LogP) is 4.71. The molecule has 0 saturated heterocycles. The summed E-state index contributed by atoms with van der Waals surface area (Å²) in [5, 5.41) is 13.6. The Morgan fingerprint density at radius 1 is 1.23 bits per heavy atom. The molecule has 0 radical (unpaired) electrons. The summed E-state index contributed by atoms with van der Waals surface area (Å²) in [7, 11) is 0. The normalized spacial score (nSPS) is 23.9. The Bertz CT molecular complexity index is 915. The van der Waals surface area contributed by atoms with Crippen molar-refractivity contribution in [2.24, 2.45) is 0 Å². The molecule has 0 aromatic carbocycles. The molecule has 0 bridgehead atoms. The third-order valence-corrected chi connectivity index (χ3v) is 7.26. The topological polar surface area (TPSA) is 93.6 Å². The summed E-state index contributed by atoms with van der Waals surface area (Å²) < 4.78 is 11.8. The van der Waals surface area contributed by atoms with E-state index in [0.29, 0.717) is 11.8 Å². The van der Waals surface area contributed by atoms with Gasteiger partial charge in [0, 0.05) is 17.5 Å². The van der Waals surface area contributed by atoms with E-state index in [1.54, 1.807) is 17.7 Å². The van der Waals surface area contributed by atoms with E-state index in [4.69, 9.17) is 9.47 Å². The van der Waals surface area contributed by atoms with Gasteiger partial charge in [-0.15, -0.1) is 11.3 Å². The Morgan fingerprint density at radius 3 is 2.71 bits per heavy atom. The fourth-order valence-electron chi connectivity index (χ4n) is 4.74. The Morgan fingerprint density at radius 2 is 2.00 bits per heavy atom. The van der Waals surface area contributed by atoms with E-state index in [2.05, 4.69) is 15.3 Å². The number of ether oxygens (including phenoxy) is 2. The highest BCUT2D eigenvalue weighted by Crippen LogP contribution is 2.45. The van der Waals surface area contributed by atoms with Crippen LogP contribution in [-0.2, 0) is 11.2 Å². The van der Waals surface area contributed by atoms with Crippen LogP contribution in [-0.4, -0.2) is 45.5 Å². The molecule has 7 nitrogen and oxygen atoms in total. The van der Waals surface area contributed by atoms with Crippen LogP contribution < -0.4 is 10.1 Å². The molecule has 0 aliphatic heterocycles. The van der Waals surface area contributed by atoms with Crippen molar-refractivity contribution in [3.8, 4) is 5.88 Å². The van der Waals surface area contributed by atoms with Gasteiger partial charge in [0.05, 0.1) is 5.39 Å². The minimum atomic E-state index is -0.490. The van der Waals surface area contributed by atoms with Gasteiger partial charge in [0.15, 0.2) is 0 Å². The van der Waals surface area contributed by atoms with E-state index in [0.717, 1.165) is 61.6 Å². The number of aromatic nitrogens is 2. The van der Waals surface area contributed by atoms with Crippen LogP contribution >= 0.6 is 11.3 Å². The fraction of sp³-hybridized carbons (Fsp3) is 0.696. The molecule has 1 fully saturated rings. The van der Waals surface area contributed by atoms with E-state index in [9.17, 15) is 9.90 Å². The number of thiophene rings is 1. The van der Waals surface area contributed by atoms with Gasteiger partial charge in [0.25, 0.3) is 0 Å². The Kier molecular flexibility index (Phi) is 6.67. The van der Waals surface area contributed by atoms with Gasteiger partial charge in [0.2, 0.25) is 5.88 Å². The van der Waals surface area contributed by atoms with Crippen LogP contribution in [0.4, 0.5) is 4.79 Å². The molecule has 2 N–H and O–H groups in total. The van der Waals surface area contributed by atoms with Gasteiger partial charge in [-0.3, -0.25) is 0 Å². The van der Waals surface area contributed by atoms with Crippen molar-refractivity contribution in [2.45, 2.75) is 95.8 Å². The van der Waals surface area contributed by atoms with Crippen molar-refractivity contribution in [3.05, 3.63) is 16.8 Å². The Balaban J connectivity index is 1.43. The number of aryl methyl sites for hydroxylation is 1. The number of rotatable bonds is 5. The number of aliphatic hydroxyl groups is 1. The predicted molar refractivity (Wildman–Crippen MR) is 121 cm³/mol. The molecular weight excluding hydrogens is 414 g/mol. The van der Waals surface area contributed by atoms with Crippen molar-refractivity contribution in [2.75, 3.05) is 6.61 Å². The number of amides is 1. The molecule has 2 aliphatic carbocycles. The lowest BCUT2D eigenvalue weighted by Gasteiger charge is -2.30. The number of nitrogens with zero attached hydrogens (tertiary/aromatic N) is 2. The largest absolute Gasteiger partial charge is 0.474 e. The third-order valence-electron chi connectivity index (χ3n) is 6.08. The van der Waals surface area contributed by atoms with Crippen LogP contribution in [0.3, 0.4) is 0 Å². The van der Waals surface area contributed by atoms with Crippen LogP contribution in [0.15, 0.2) is 6.33 Å². The molecule has 8 heteroatoms. The number of aliphatic hydroxyl groups excluding tert-OH is 1.